The fourth-order valence-electron chi connectivity index (χ4n) is 4.81. The minimum atomic E-state index is -4.22. The quantitative estimate of drug-likeness (QED) is 0.157. The molecule has 0 saturated heterocycles. The van der Waals surface area contributed by atoms with Crippen molar-refractivity contribution >= 4 is 50.7 Å². The SMILES string of the molecule is CCC(C(=O)NC(C)C)N(Cc1ccc(Cl)c(Cl)c1)C(=O)CN(c1ccc(Oc2ccccc2)cc1)S(=O)(=O)c1ccc(C)cc1. The first kappa shape index (κ1) is 34.8. The Labute approximate surface area is 280 Å². The van der Waals surface area contributed by atoms with Gasteiger partial charge in [-0.2, -0.15) is 0 Å². The van der Waals surface area contributed by atoms with Gasteiger partial charge in [0.05, 0.1) is 20.6 Å². The lowest BCUT2D eigenvalue weighted by molar-refractivity contribution is -0.140. The summed E-state index contributed by atoms with van der Waals surface area (Å²) < 4.78 is 35.3. The number of rotatable bonds is 13. The van der Waals surface area contributed by atoms with E-state index in [0.717, 1.165) is 9.87 Å². The molecule has 1 N–H and O–H groups in total. The minimum absolute atomic E-state index is 0.00200. The molecule has 0 fully saturated rings. The van der Waals surface area contributed by atoms with Gasteiger partial charge in [0, 0.05) is 12.6 Å². The first-order valence-corrected chi connectivity index (χ1v) is 17.0. The Kier molecular flexibility index (Phi) is 11.7. The number of hydrogen-bond donors (Lipinski definition) is 1. The molecule has 0 aliphatic heterocycles. The highest BCUT2D eigenvalue weighted by molar-refractivity contribution is 7.92. The molecule has 2 amide bonds. The Hall–Kier alpha value is -4.05. The third-order valence-electron chi connectivity index (χ3n) is 7.15. The van der Waals surface area contributed by atoms with Gasteiger partial charge in [-0.05, 0) is 93.4 Å². The number of para-hydroxylation sites is 1. The fourth-order valence-corrected chi connectivity index (χ4v) is 6.54. The molecule has 0 spiro atoms. The smallest absolute Gasteiger partial charge is 0.264 e. The first-order chi connectivity index (χ1) is 21.9. The van der Waals surface area contributed by atoms with Crippen LogP contribution in [-0.2, 0) is 26.2 Å². The van der Waals surface area contributed by atoms with E-state index in [-0.39, 0.29) is 29.1 Å². The number of carbonyl (C=O) groups is 2. The van der Waals surface area contributed by atoms with Gasteiger partial charge in [-0.1, -0.05) is 72.1 Å². The summed E-state index contributed by atoms with van der Waals surface area (Å²) in [6.45, 7) is 6.75. The van der Waals surface area contributed by atoms with Gasteiger partial charge in [-0.3, -0.25) is 13.9 Å². The van der Waals surface area contributed by atoms with Crippen LogP contribution in [0.5, 0.6) is 11.5 Å². The van der Waals surface area contributed by atoms with Crippen molar-refractivity contribution in [1.82, 2.24) is 10.2 Å². The second kappa shape index (κ2) is 15.5. The van der Waals surface area contributed by atoms with E-state index < -0.39 is 28.5 Å². The molecule has 1 unspecified atom stereocenters. The van der Waals surface area contributed by atoms with E-state index in [1.54, 1.807) is 61.5 Å². The summed E-state index contributed by atoms with van der Waals surface area (Å²) in [5, 5.41) is 3.53. The summed E-state index contributed by atoms with van der Waals surface area (Å²) in [7, 11) is -4.22. The van der Waals surface area contributed by atoms with Crippen molar-refractivity contribution in [1.29, 1.82) is 0 Å². The average Bonchev–Trinajstić information content (AvgIpc) is 3.02. The van der Waals surface area contributed by atoms with Crippen LogP contribution in [-0.4, -0.2) is 43.8 Å². The Morgan fingerprint density at radius 3 is 2.07 bits per heavy atom. The summed E-state index contributed by atoms with van der Waals surface area (Å²) in [4.78, 5) is 29.0. The maximum absolute atomic E-state index is 14.3. The van der Waals surface area contributed by atoms with Crippen molar-refractivity contribution in [2.45, 2.75) is 57.6 Å². The molecular formula is C35H37Cl2N3O5S. The Balaban J connectivity index is 1.74. The van der Waals surface area contributed by atoms with E-state index in [1.807, 2.05) is 51.1 Å². The van der Waals surface area contributed by atoms with E-state index in [2.05, 4.69) is 5.32 Å². The van der Waals surface area contributed by atoms with Crippen LogP contribution in [0.2, 0.25) is 10.0 Å². The second-order valence-electron chi connectivity index (χ2n) is 11.1. The lowest BCUT2D eigenvalue weighted by atomic mass is 10.1. The Morgan fingerprint density at radius 2 is 1.48 bits per heavy atom. The normalized spacial score (nSPS) is 12.0. The molecule has 4 aromatic carbocycles. The van der Waals surface area contributed by atoms with Crippen LogP contribution in [0.4, 0.5) is 5.69 Å². The summed E-state index contributed by atoms with van der Waals surface area (Å²) in [6.07, 6.45) is 0.294. The number of carbonyl (C=O) groups excluding carboxylic acids is 2. The molecule has 11 heteroatoms. The van der Waals surface area contributed by atoms with Crippen LogP contribution in [0.3, 0.4) is 0 Å². The third kappa shape index (κ3) is 8.81. The van der Waals surface area contributed by atoms with Gasteiger partial charge in [0.2, 0.25) is 11.8 Å². The molecule has 0 saturated carbocycles. The number of benzene rings is 4. The zero-order valence-corrected chi connectivity index (χ0v) is 28.4. The molecule has 4 rings (SSSR count). The number of nitrogens with zero attached hydrogens (tertiary/aromatic N) is 2. The number of aryl methyl sites for hydroxylation is 1. The number of ether oxygens (including phenoxy) is 1. The highest BCUT2D eigenvalue weighted by atomic mass is 35.5. The van der Waals surface area contributed by atoms with Gasteiger partial charge in [-0.25, -0.2) is 8.42 Å². The van der Waals surface area contributed by atoms with Crippen molar-refractivity contribution in [3.05, 3.63) is 118 Å². The predicted octanol–water partition coefficient (Wildman–Crippen LogP) is 7.62. The van der Waals surface area contributed by atoms with Crippen LogP contribution in [0.25, 0.3) is 0 Å². The number of halogens is 2. The standard InChI is InChI=1S/C35H37Cl2N3O5S/c1-5-33(35(42)38-24(2)3)39(22-26-13-20-31(36)32(37)21-26)34(41)23-40(46(43,44)30-18-11-25(4)12-19-30)27-14-16-29(17-15-27)45-28-9-7-6-8-10-28/h6-21,24,33H,5,22-23H2,1-4H3,(H,38,42). The van der Waals surface area contributed by atoms with Gasteiger partial charge in [0.25, 0.3) is 10.0 Å². The molecule has 0 aliphatic carbocycles. The molecule has 1 atom stereocenters. The fraction of sp³-hybridized carbons (Fsp3) is 0.257. The molecule has 0 aliphatic rings. The van der Waals surface area contributed by atoms with Gasteiger partial charge >= 0.3 is 0 Å². The second-order valence-corrected chi connectivity index (χ2v) is 13.8. The molecule has 4 aromatic rings. The maximum Gasteiger partial charge on any atom is 0.264 e. The molecule has 8 nitrogen and oxygen atoms in total. The molecule has 0 radical (unpaired) electrons. The number of amides is 2. The van der Waals surface area contributed by atoms with E-state index in [1.165, 1.54) is 17.0 Å². The molecule has 0 aromatic heterocycles. The van der Waals surface area contributed by atoms with Crippen molar-refractivity contribution in [2.24, 2.45) is 0 Å². The average molecular weight is 683 g/mol. The maximum atomic E-state index is 14.3. The lowest BCUT2D eigenvalue weighted by Crippen LogP contribution is -2.53. The summed E-state index contributed by atoms with van der Waals surface area (Å²) in [6, 6.07) is 26.0. The molecule has 242 valence electrons. The zero-order valence-electron chi connectivity index (χ0n) is 26.1. The third-order valence-corrected chi connectivity index (χ3v) is 9.67. The van der Waals surface area contributed by atoms with Crippen molar-refractivity contribution in [3.8, 4) is 11.5 Å². The zero-order chi connectivity index (χ0) is 33.4. The molecule has 46 heavy (non-hydrogen) atoms. The van der Waals surface area contributed by atoms with Crippen LogP contribution in [0.1, 0.15) is 38.3 Å². The van der Waals surface area contributed by atoms with Crippen LogP contribution < -0.4 is 14.4 Å². The Morgan fingerprint density at radius 1 is 0.848 bits per heavy atom. The van der Waals surface area contributed by atoms with Crippen LogP contribution >= 0.6 is 23.2 Å². The van der Waals surface area contributed by atoms with Gasteiger partial charge in [0.15, 0.2) is 0 Å². The molecular weight excluding hydrogens is 645 g/mol. The minimum Gasteiger partial charge on any atom is -0.457 e. The van der Waals surface area contributed by atoms with E-state index >= 15 is 0 Å². The number of hydrogen-bond acceptors (Lipinski definition) is 5. The largest absolute Gasteiger partial charge is 0.457 e. The van der Waals surface area contributed by atoms with Gasteiger partial charge in [0.1, 0.15) is 24.1 Å². The van der Waals surface area contributed by atoms with Gasteiger partial charge in [-0.15, -0.1) is 0 Å². The van der Waals surface area contributed by atoms with Crippen LogP contribution in [0.15, 0.2) is 102 Å². The van der Waals surface area contributed by atoms with Crippen molar-refractivity contribution < 1.29 is 22.7 Å². The molecule has 0 heterocycles. The topological polar surface area (TPSA) is 96.0 Å². The molecule has 0 bridgehead atoms. The van der Waals surface area contributed by atoms with Crippen molar-refractivity contribution in [2.75, 3.05) is 10.8 Å². The summed E-state index contributed by atoms with van der Waals surface area (Å²) in [5.41, 5.74) is 1.77. The monoisotopic (exact) mass is 681 g/mol. The summed E-state index contributed by atoms with van der Waals surface area (Å²) in [5.74, 6) is 0.197. The van der Waals surface area contributed by atoms with Crippen molar-refractivity contribution in [3.63, 3.8) is 0 Å². The number of sulfonamides is 1. The van der Waals surface area contributed by atoms with Crippen LogP contribution in [0, 0.1) is 6.92 Å². The first-order valence-electron chi connectivity index (χ1n) is 14.8. The predicted molar refractivity (Wildman–Crippen MR) is 183 cm³/mol. The number of nitrogens with one attached hydrogen (secondary N) is 1. The summed E-state index contributed by atoms with van der Waals surface area (Å²) >= 11 is 12.4. The lowest BCUT2D eigenvalue weighted by Gasteiger charge is -2.33. The van der Waals surface area contributed by atoms with E-state index in [4.69, 9.17) is 27.9 Å². The van der Waals surface area contributed by atoms with E-state index in [0.29, 0.717) is 33.5 Å². The van der Waals surface area contributed by atoms with Gasteiger partial charge < -0.3 is 15.0 Å². The van der Waals surface area contributed by atoms with E-state index in [9.17, 15) is 18.0 Å². The Bertz CT molecular complexity index is 1750. The number of anilines is 1. The highest BCUT2D eigenvalue weighted by Crippen LogP contribution is 2.29. The highest BCUT2D eigenvalue weighted by Gasteiger charge is 2.34.